The van der Waals surface area contributed by atoms with Crippen molar-refractivity contribution in [2.24, 2.45) is 23.7 Å². The molecule has 174 valence electrons. The number of amides is 1. The maximum absolute atomic E-state index is 13.8. The lowest BCUT2D eigenvalue weighted by molar-refractivity contribution is -0.154. The first-order chi connectivity index (χ1) is 15.4. The Morgan fingerprint density at radius 1 is 1.03 bits per heavy atom. The van der Waals surface area contributed by atoms with E-state index in [0.29, 0.717) is 13.1 Å². The Hall–Kier alpha value is -1.59. The molecule has 1 aromatic carbocycles. The predicted octanol–water partition coefficient (Wildman–Crippen LogP) is 4.52. The summed E-state index contributed by atoms with van der Waals surface area (Å²) >= 11 is 6.12. The van der Waals surface area contributed by atoms with E-state index in [-0.39, 0.29) is 23.3 Å². The number of piperidine rings is 1. The predicted molar refractivity (Wildman–Crippen MR) is 124 cm³/mol. The summed E-state index contributed by atoms with van der Waals surface area (Å²) in [5.74, 6) is 2.47. The van der Waals surface area contributed by atoms with Crippen LogP contribution in [0.25, 0.3) is 0 Å². The number of carbonyl (C=O) groups is 2. The summed E-state index contributed by atoms with van der Waals surface area (Å²) < 4.78 is 4.91. The molecular weight excluding hydrogens is 424 g/mol. The van der Waals surface area contributed by atoms with Crippen molar-refractivity contribution in [2.45, 2.75) is 63.5 Å². The first kappa shape index (κ1) is 22.2. The van der Waals surface area contributed by atoms with Gasteiger partial charge in [0.15, 0.2) is 0 Å². The van der Waals surface area contributed by atoms with E-state index in [1.165, 1.54) is 45.6 Å². The number of ether oxygens (including phenoxy) is 1. The highest BCUT2D eigenvalue weighted by Gasteiger charge is 2.54. The molecule has 4 aliphatic carbocycles. The van der Waals surface area contributed by atoms with Crippen LogP contribution < -0.4 is 0 Å². The van der Waals surface area contributed by atoms with E-state index in [2.05, 4.69) is 21.9 Å². The van der Waals surface area contributed by atoms with Crippen molar-refractivity contribution in [1.29, 1.82) is 0 Å². The molecule has 1 amide bonds. The monoisotopic (exact) mass is 458 g/mol. The fourth-order valence-corrected chi connectivity index (χ4v) is 7.58. The molecule has 0 aromatic heterocycles. The lowest BCUT2D eigenvalue weighted by Crippen LogP contribution is -2.62. The zero-order chi connectivity index (χ0) is 22.3. The van der Waals surface area contributed by atoms with Gasteiger partial charge in [-0.05, 0) is 99.9 Å². The van der Waals surface area contributed by atoms with E-state index in [0.717, 1.165) is 54.3 Å². The Morgan fingerprint density at radius 3 is 2.12 bits per heavy atom. The van der Waals surface area contributed by atoms with Crippen LogP contribution in [0.3, 0.4) is 0 Å². The van der Waals surface area contributed by atoms with Crippen molar-refractivity contribution in [1.82, 2.24) is 9.80 Å². The number of methoxy groups -OCH3 is 1. The molecule has 0 spiro atoms. The molecule has 32 heavy (non-hydrogen) atoms. The Morgan fingerprint density at radius 2 is 1.59 bits per heavy atom. The molecular formula is C26H35ClN2O3. The van der Waals surface area contributed by atoms with E-state index in [1.807, 2.05) is 12.1 Å². The third-order valence-electron chi connectivity index (χ3n) is 8.61. The molecule has 0 unspecified atom stereocenters. The second kappa shape index (κ2) is 8.98. The standard InChI is InChI=1S/C26H35ClN2O3/c1-32-25(31)22-6-8-28(9-7-22)17-24(30)29(16-18-2-4-23(27)5-3-18)26-13-19-10-20(14-26)12-21(11-19)15-26/h2-5,19-22H,6-17H2,1H3. The number of esters is 1. The number of carbonyl (C=O) groups excluding carboxylic acids is 2. The Bertz CT molecular complexity index is 812. The van der Waals surface area contributed by atoms with Gasteiger partial charge in [-0.15, -0.1) is 0 Å². The lowest BCUT2D eigenvalue weighted by atomic mass is 9.52. The van der Waals surface area contributed by atoms with Crippen molar-refractivity contribution >= 4 is 23.5 Å². The van der Waals surface area contributed by atoms with Gasteiger partial charge < -0.3 is 9.64 Å². The fourth-order valence-electron chi connectivity index (χ4n) is 7.46. The molecule has 0 atom stereocenters. The highest BCUT2D eigenvalue weighted by Crippen LogP contribution is 2.58. The van der Waals surface area contributed by atoms with Gasteiger partial charge in [-0.3, -0.25) is 14.5 Å². The van der Waals surface area contributed by atoms with Gasteiger partial charge in [0.05, 0.1) is 19.6 Å². The summed E-state index contributed by atoms with van der Waals surface area (Å²) in [6.45, 7) is 2.67. The molecule has 0 N–H and O–H groups in total. The summed E-state index contributed by atoms with van der Waals surface area (Å²) in [5, 5.41) is 0.731. The molecule has 4 bridgehead atoms. The minimum absolute atomic E-state index is 0.0236. The molecule has 5 aliphatic rings. The van der Waals surface area contributed by atoms with E-state index in [9.17, 15) is 9.59 Å². The van der Waals surface area contributed by atoms with Gasteiger partial charge in [0.2, 0.25) is 5.91 Å². The SMILES string of the molecule is COC(=O)C1CCN(CC(=O)N(Cc2ccc(Cl)cc2)C23CC4CC(CC(C4)C2)C3)CC1. The first-order valence-corrected chi connectivity index (χ1v) is 12.7. The zero-order valence-electron chi connectivity index (χ0n) is 19.1. The van der Waals surface area contributed by atoms with Gasteiger partial charge in [-0.25, -0.2) is 0 Å². The number of halogens is 1. The van der Waals surface area contributed by atoms with Crippen LogP contribution >= 0.6 is 11.6 Å². The maximum atomic E-state index is 13.8. The van der Waals surface area contributed by atoms with E-state index < -0.39 is 0 Å². The highest BCUT2D eigenvalue weighted by atomic mass is 35.5. The number of benzene rings is 1. The Kier molecular flexibility index (Phi) is 6.23. The third-order valence-corrected chi connectivity index (χ3v) is 8.87. The highest BCUT2D eigenvalue weighted by molar-refractivity contribution is 6.30. The summed E-state index contributed by atoms with van der Waals surface area (Å²) in [5.41, 5.74) is 1.18. The second-order valence-corrected chi connectivity index (χ2v) is 11.3. The molecule has 6 heteroatoms. The van der Waals surface area contributed by atoms with Crippen molar-refractivity contribution < 1.29 is 14.3 Å². The fraction of sp³-hybridized carbons (Fsp3) is 0.692. The van der Waals surface area contributed by atoms with Crippen molar-refractivity contribution in [3.8, 4) is 0 Å². The van der Waals surface area contributed by atoms with E-state index in [1.54, 1.807) is 0 Å². The number of nitrogens with zero attached hydrogens (tertiary/aromatic N) is 2. The van der Waals surface area contributed by atoms with Gasteiger partial charge in [-0.2, -0.15) is 0 Å². The average Bonchev–Trinajstić information content (AvgIpc) is 2.77. The van der Waals surface area contributed by atoms with Gasteiger partial charge in [0.25, 0.3) is 0 Å². The molecule has 1 aromatic rings. The van der Waals surface area contributed by atoms with Crippen LogP contribution in [0.15, 0.2) is 24.3 Å². The Labute approximate surface area is 196 Å². The minimum Gasteiger partial charge on any atom is -0.469 e. The summed E-state index contributed by atoms with van der Waals surface area (Å²) in [7, 11) is 1.46. The van der Waals surface area contributed by atoms with Crippen molar-refractivity contribution in [3.05, 3.63) is 34.9 Å². The van der Waals surface area contributed by atoms with Crippen LogP contribution in [0.2, 0.25) is 5.02 Å². The van der Waals surface area contributed by atoms with Gasteiger partial charge in [0, 0.05) is 17.1 Å². The van der Waals surface area contributed by atoms with Crippen LogP contribution in [0.5, 0.6) is 0 Å². The summed E-state index contributed by atoms with van der Waals surface area (Å²) in [4.78, 5) is 30.2. The van der Waals surface area contributed by atoms with Crippen LogP contribution in [-0.4, -0.2) is 54.0 Å². The zero-order valence-corrected chi connectivity index (χ0v) is 19.9. The minimum atomic E-state index is -0.117. The van der Waals surface area contributed by atoms with Crippen LogP contribution in [-0.2, 0) is 20.9 Å². The van der Waals surface area contributed by atoms with Crippen LogP contribution in [0, 0.1) is 23.7 Å². The third kappa shape index (κ3) is 4.43. The first-order valence-electron chi connectivity index (χ1n) is 12.3. The number of hydrogen-bond donors (Lipinski definition) is 0. The maximum Gasteiger partial charge on any atom is 0.308 e. The molecule has 1 heterocycles. The van der Waals surface area contributed by atoms with Crippen molar-refractivity contribution in [2.75, 3.05) is 26.7 Å². The quantitative estimate of drug-likeness (QED) is 0.588. The van der Waals surface area contributed by atoms with Crippen LogP contribution in [0.1, 0.15) is 56.9 Å². The average molecular weight is 459 g/mol. The van der Waals surface area contributed by atoms with Gasteiger partial charge in [0.1, 0.15) is 0 Å². The van der Waals surface area contributed by atoms with Gasteiger partial charge >= 0.3 is 5.97 Å². The molecule has 0 radical (unpaired) electrons. The molecule has 6 rings (SSSR count). The number of hydrogen-bond acceptors (Lipinski definition) is 4. The molecule has 5 fully saturated rings. The second-order valence-electron chi connectivity index (χ2n) is 10.8. The van der Waals surface area contributed by atoms with Crippen LogP contribution in [0.4, 0.5) is 0 Å². The van der Waals surface area contributed by atoms with E-state index in [4.69, 9.17) is 16.3 Å². The Balaban J connectivity index is 1.32. The molecule has 4 saturated carbocycles. The topological polar surface area (TPSA) is 49.9 Å². The molecule has 1 aliphatic heterocycles. The largest absolute Gasteiger partial charge is 0.469 e. The number of rotatable bonds is 6. The molecule has 1 saturated heterocycles. The van der Waals surface area contributed by atoms with Crippen molar-refractivity contribution in [3.63, 3.8) is 0 Å². The smallest absolute Gasteiger partial charge is 0.308 e. The lowest BCUT2D eigenvalue weighted by Gasteiger charge is -2.60. The van der Waals surface area contributed by atoms with Gasteiger partial charge in [-0.1, -0.05) is 23.7 Å². The normalized spacial score (nSPS) is 32.1. The van der Waals surface area contributed by atoms with E-state index >= 15 is 0 Å². The summed E-state index contributed by atoms with van der Waals surface area (Å²) in [6, 6.07) is 7.98. The molecule has 5 nitrogen and oxygen atoms in total. The summed E-state index contributed by atoms with van der Waals surface area (Å²) in [6.07, 6.45) is 9.15. The number of likely N-dealkylation sites (tertiary alicyclic amines) is 1.